The maximum atomic E-state index is 11.4. The first-order chi connectivity index (χ1) is 9.88. The van der Waals surface area contributed by atoms with Gasteiger partial charge >= 0.3 is 0 Å². The minimum Gasteiger partial charge on any atom is -0.302 e. The van der Waals surface area contributed by atoms with Gasteiger partial charge in [-0.05, 0) is 55.4 Å². The van der Waals surface area contributed by atoms with Crippen LogP contribution in [0.25, 0.3) is 0 Å². The molecule has 1 aromatic carbocycles. The minimum absolute atomic E-state index is 0.194. The first-order valence-electron chi connectivity index (χ1n) is 7.45. The van der Waals surface area contributed by atoms with Crippen LogP contribution in [-0.2, 0) is 4.79 Å². The lowest BCUT2D eigenvalue weighted by Gasteiger charge is -2.38. The molecule has 1 fully saturated rings. The molecule has 4 heteroatoms. The first kappa shape index (κ1) is 16.0. The number of benzene rings is 1. The third-order valence-electron chi connectivity index (χ3n) is 4.53. The van der Waals surface area contributed by atoms with Crippen LogP contribution in [0.1, 0.15) is 44.2 Å². The molecule has 0 N–H and O–H groups in total. The summed E-state index contributed by atoms with van der Waals surface area (Å²) in [4.78, 5) is 17.9. The van der Waals surface area contributed by atoms with E-state index in [9.17, 15) is 4.79 Å². The number of carbonyl (C=O) groups excluding carboxylic acids is 1. The van der Waals surface area contributed by atoms with Crippen molar-refractivity contribution in [3.8, 4) is 0 Å². The molecule has 0 aliphatic carbocycles. The summed E-state index contributed by atoms with van der Waals surface area (Å²) in [5.74, 6) is 0.848. The number of amidine groups is 1. The Labute approximate surface area is 132 Å². The van der Waals surface area contributed by atoms with E-state index in [-0.39, 0.29) is 5.41 Å². The van der Waals surface area contributed by atoms with Crippen molar-refractivity contribution < 1.29 is 4.79 Å². The lowest BCUT2D eigenvalue weighted by Crippen LogP contribution is -2.44. The van der Waals surface area contributed by atoms with Gasteiger partial charge in [0.2, 0.25) is 6.41 Å². The molecule has 1 unspecified atom stereocenters. The Balaban J connectivity index is 2.35. The Morgan fingerprint density at radius 1 is 1.43 bits per heavy atom. The second-order valence-corrected chi connectivity index (χ2v) is 6.72. The molecule has 0 bridgehead atoms. The largest absolute Gasteiger partial charge is 0.302 e. The maximum Gasteiger partial charge on any atom is 0.215 e. The highest BCUT2D eigenvalue weighted by Gasteiger charge is 2.32. The zero-order valence-corrected chi connectivity index (χ0v) is 14.0. The first-order valence-corrected chi connectivity index (χ1v) is 7.82. The van der Waals surface area contributed by atoms with Crippen molar-refractivity contribution in [3.63, 3.8) is 0 Å². The third-order valence-corrected chi connectivity index (χ3v) is 4.92. The number of halogens is 1. The van der Waals surface area contributed by atoms with E-state index < -0.39 is 0 Å². The van der Waals surface area contributed by atoms with Gasteiger partial charge in [0, 0.05) is 18.0 Å². The Hall–Kier alpha value is -1.35. The monoisotopic (exact) mass is 306 g/mol. The van der Waals surface area contributed by atoms with Gasteiger partial charge in [-0.1, -0.05) is 25.4 Å². The second kappa shape index (κ2) is 6.18. The van der Waals surface area contributed by atoms with Gasteiger partial charge in [0.25, 0.3) is 0 Å². The average molecular weight is 307 g/mol. The van der Waals surface area contributed by atoms with Crippen molar-refractivity contribution in [2.45, 2.75) is 47.0 Å². The summed E-state index contributed by atoms with van der Waals surface area (Å²) >= 11 is 6.22. The van der Waals surface area contributed by atoms with Crippen LogP contribution in [0.4, 0.5) is 5.69 Å². The number of rotatable bonds is 3. The Morgan fingerprint density at radius 2 is 2.14 bits per heavy atom. The molecule has 1 amide bonds. The lowest BCUT2D eigenvalue weighted by molar-refractivity contribution is -0.116. The summed E-state index contributed by atoms with van der Waals surface area (Å²) in [5.41, 5.74) is 3.10. The summed E-state index contributed by atoms with van der Waals surface area (Å²) in [6.07, 6.45) is 3.86. The molecule has 1 aliphatic rings. The second-order valence-electron chi connectivity index (χ2n) is 6.32. The van der Waals surface area contributed by atoms with E-state index in [1.807, 2.05) is 26.0 Å². The van der Waals surface area contributed by atoms with Crippen LogP contribution in [-0.4, -0.2) is 23.7 Å². The van der Waals surface area contributed by atoms with Gasteiger partial charge in [0.05, 0.1) is 5.69 Å². The van der Waals surface area contributed by atoms with Crippen molar-refractivity contribution >= 4 is 29.5 Å². The van der Waals surface area contributed by atoms with Crippen molar-refractivity contribution in [1.29, 1.82) is 0 Å². The van der Waals surface area contributed by atoms with Crippen molar-refractivity contribution in [2.75, 3.05) is 6.54 Å². The summed E-state index contributed by atoms with van der Waals surface area (Å²) < 4.78 is 0. The number of carbonyl (C=O) groups is 1. The van der Waals surface area contributed by atoms with E-state index in [4.69, 9.17) is 16.6 Å². The maximum absolute atomic E-state index is 11.4. The highest BCUT2D eigenvalue weighted by molar-refractivity contribution is 6.31. The van der Waals surface area contributed by atoms with Crippen LogP contribution in [0, 0.1) is 19.3 Å². The number of aryl methyl sites for hydroxylation is 1. The van der Waals surface area contributed by atoms with Crippen LogP contribution in [0.3, 0.4) is 0 Å². The Kier molecular flexibility index (Phi) is 4.72. The molecule has 1 saturated heterocycles. The normalized spacial score (nSPS) is 24.4. The fourth-order valence-corrected chi connectivity index (χ4v) is 2.97. The fraction of sp³-hybridized carbons (Fsp3) is 0.529. The van der Waals surface area contributed by atoms with Gasteiger partial charge in [-0.2, -0.15) is 0 Å². The molecule has 0 radical (unpaired) electrons. The van der Waals surface area contributed by atoms with Crippen LogP contribution in [0.2, 0.25) is 5.02 Å². The molecule has 1 aliphatic heterocycles. The third kappa shape index (κ3) is 3.46. The van der Waals surface area contributed by atoms with Gasteiger partial charge in [-0.25, -0.2) is 4.99 Å². The van der Waals surface area contributed by atoms with Gasteiger partial charge in [-0.15, -0.1) is 0 Å². The molecule has 1 heterocycles. The van der Waals surface area contributed by atoms with E-state index in [0.29, 0.717) is 0 Å². The molecule has 1 atom stereocenters. The van der Waals surface area contributed by atoms with Crippen molar-refractivity contribution in [1.82, 2.24) is 4.90 Å². The highest BCUT2D eigenvalue weighted by atomic mass is 35.5. The quantitative estimate of drug-likeness (QED) is 0.748. The molecular weight excluding hydrogens is 284 g/mol. The standard InChI is InChI=1S/C17H23ClN2O/c1-5-17(4)7-6-16(20(10-17)11-21)19-15-9-12(2)8-14(18)13(15)3/h8-9,11H,5-7,10H2,1-4H3. The zero-order valence-electron chi connectivity index (χ0n) is 13.2. The molecule has 0 saturated carbocycles. The Bertz CT molecular complexity index is 582. The van der Waals surface area contributed by atoms with Gasteiger partial charge in [-0.3, -0.25) is 4.79 Å². The summed E-state index contributed by atoms with van der Waals surface area (Å²) in [5, 5.41) is 0.723. The smallest absolute Gasteiger partial charge is 0.215 e. The van der Waals surface area contributed by atoms with Crippen LogP contribution in [0.5, 0.6) is 0 Å². The van der Waals surface area contributed by atoms with Crippen molar-refractivity contribution in [3.05, 3.63) is 28.3 Å². The number of hydrogen-bond donors (Lipinski definition) is 0. The van der Waals surface area contributed by atoms with Crippen LogP contribution < -0.4 is 0 Å². The summed E-state index contributed by atoms with van der Waals surface area (Å²) in [7, 11) is 0. The van der Waals surface area contributed by atoms with Crippen molar-refractivity contribution in [2.24, 2.45) is 10.4 Å². The number of aliphatic imine (C=N–C) groups is 1. The fourth-order valence-electron chi connectivity index (χ4n) is 2.70. The highest BCUT2D eigenvalue weighted by Crippen LogP contribution is 2.35. The molecule has 21 heavy (non-hydrogen) atoms. The number of hydrogen-bond acceptors (Lipinski definition) is 2. The van der Waals surface area contributed by atoms with Gasteiger partial charge < -0.3 is 4.90 Å². The molecule has 2 rings (SSSR count). The predicted octanol–water partition coefficient (Wildman–Crippen LogP) is 4.66. The number of nitrogens with zero attached hydrogens (tertiary/aromatic N) is 2. The van der Waals surface area contributed by atoms with Crippen LogP contribution >= 0.6 is 11.6 Å². The van der Waals surface area contributed by atoms with Gasteiger partial charge in [0.1, 0.15) is 5.84 Å². The summed E-state index contributed by atoms with van der Waals surface area (Å²) in [6.45, 7) is 9.11. The predicted molar refractivity (Wildman–Crippen MR) is 88.4 cm³/mol. The SMILES string of the molecule is CCC1(C)CCC(=Nc2cc(C)cc(Cl)c2C)N(C=O)C1. The van der Waals surface area contributed by atoms with E-state index in [2.05, 4.69) is 13.8 Å². The lowest BCUT2D eigenvalue weighted by atomic mass is 9.79. The Morgan fingerprint density at radius 3 is 2.76 bits per heavy atom. The number of likely N-dealkylation sites (tertiary alicyclic amines) is 1. The summed E-state index contributed by atoms with van der Waals surface area (Å²) in [6, 6.07) is 3.96. The van der Waals surface area contributed by atoms with E-state index in [0.717, 1.165) is 59.9 Å². The minimum atomic E-state index is 0.194. The van der Waals surface area contributed by atoms with E-state index in [1.54, 1.807) is 4.90 Å². The molecular formula is C17H23ClN2O. The number of piperidine rings is 1. The average Bonchev–Trinajstić information content (AvgIpc) is 2.46. The zero-order chi connectivity index (χ0) is 15.6. The van der Waals surface area contributed by atoms with Gasteiger partial charge in [0.15, 0.2) is 0 Å². The molecule has 0 aromatic heterocycles. The van der Waals surface area contributed by atoms with E-state index in [1.165, 1.54) is 0 Å². The number of amides is 1. The van der Waals surface area contributed by atoms with Crippen LogP contribution in [0.15, 0.2) is 17.1 Å². The molecule has 3 nitrogen and oxygen atoms in total. The molecule has 1 aromatic rings. The molecule has 114 valence electrons. The topological polar surface area (TPSA) is 32.7 Å². The van der Waals surface area contributed by atoms with E-state index >= 15 is 0 Å². The molecule has 0 spiro atoms.